The van der Waals surface area contributed by atoms with Crippen LogP contribution in [0.25, 0.3) is 0 Å². The monoisotopic (exact) mass is 182 g/mol. The molecule has 1 amide bonds. The lowest BCUT2D eigenvalue weighted by molar-refractivity contribution is -0.138. The quantitative estimate of drug-likeness (QED) is 0.645. The Morgan fingerprint density at radius 1 is 1.54 bits per heavy atom. The van der Waals surface area contributed by atoms with Crippen LogP contribution in [-0.4, -0.2) is 29.9 Å². The SMILES string of the molecule is CC(=O)N1CC2CCC1CC2CN. The highest BCUT2D eigenvalue weighted by atomic mass is 16.2. The van der Waals surface area contributed by atoms with Crippen LogP contribution >= 0.6 is 0 Å². The molecule has 3 aliphatic rings. The van der Waals surface area contributed by atoms with Crippen molar-refractivity contribution in [1.82, 2.24) is 4.90 Å². The molecule has 2 heterocycles. The molecule has 3 unspecified atom stereocenters. The summed E-state index contributed by atoms with van der Waals surface area (Å²) in [6.07, 6.45) is 3.61. The largest absolute Gasteiger partial charge is 0.340 e. The van der Waals surface area contributed by atoms with Crippen LogP contribution in [0.5, 0.6) is 0 Å². The zero-order valence-electron chi connectivity index (χ0n) is 8.20. The van der Waals surface area contributed by atoms with E-state index in [0.29, 0.717) is 17.9 Å². The third kappa shape index (κ3) is 1.46. The molecule has 0 aromatic rings. The molecule has 2 aliphatic heterocycles. The predicted octanol–water partition coefficient (Wildman–Crippen LogP) is 0.592. The van der Waals surface area contributed by atoms with Crippen molar-refractivity contribution in [2.75, 3.05) is 13.1 Å². The zero-order chi connectivity index (χ0) is 9.42. The summed E-state index contributed by atoms with van der Waals surface area (Å²) in [6, 6.07) is 0.496. The molecule has 1 saturated carbocycles. The van der Waals surface area contributed by atoms with Gasteiger partial charge in [-0.05, 0) is 37.6 Å². The maximum Gasteiger partial charge on any atom is 0.219 e. The van der Waals surface area contributed by atoms with E-state index in [0.717, 1.165) is 19.5 Å². The summed E-state index contributed by atoms with van der Waals surface area (Å²) in [5.74, 6) is 1.60. The van der Waals surface area contributed by atoms with Crippen LogP contribution in [0.2, 0.25) is 0 Å². The van der Waals surface area contributed by atoms with Crippen molar-refractivity contribution in [3.05, 3.63) is 0 Å². The highest BCUT2D eigenvalue weighted by Crippen LogP contribution is 2.38. The predicted molar refractivity (Wildman–Crippen MR) is 51.1 cm³/mol. The van der Waals surface area contributed by atoms with Crippen LogP contribution in [0.1, 0.15) is 26.2 Å². The van der Waals surface area contributed by atoms with Crippen molar-refractivity contribution in [2.45, 2.75) is 32.2 Å². The molecule has 74 valence electrons. The van der Waals surface area contributed by atoms with E-state index in [9.17, 15) is 4.79 Å². The third-order valence-electron chi connectivity index (χ3n) is 3.69. The Labute approximate surface area is 79.3 Å². The van der Waals surface area contributed by atoms with Gasteiger partial charge < -0.3 is 10.6 Å². The van der Waals surface area contributed by atoms with E-state index in [1.165, 1.54) is 12.8 Å². The molecule has 0 aromatic heterocycles. The van der Waals surface area contributed by atoms with Crippen LogP contribution in [0.4, 0.5) is 0 Å². The number of amides is 1. The Morgan fingerprint density at radius 2 is 2.31 bits per heavy atom. The fourth-order valence-electron chi connectivity index (χ4n) is 2.90. The molecule has 0 radical (unpaired) electrons. The van der Waals surface area contributed by atoms with Crippen LogP contribution in [0, 0.1) is 11.8 Å². The highest BCUT2D eigenvalue weighted by molar-refractivity contribution is 5.73. The van der Waals surface area contributed by atoms with Crippen LogP contribution in [0.3, 0.4) is 0 Å². The molecule has 2 saturated heterocycles. The lowest BCUT2D eigenvalue weighted by Gasteiger charge is -2.49. The van der Waals surface area contributed by atoms with E-state index in [1.54, 1.807) is 6.92 Å². The number of hydrogen-bond donors (Lipinski definition) is 1. The van der Waals surface area contributed by atoms with Crippen LogP contribution in [0.15, 0.2) is 0 Å². The summed E-state index contributed by atoms with van der Waals surface area (Å²) < 4.78 is 0. The molecule has 3 atom stereocenters. The summed E-state index contributed by atoms with van der Waals surface area (Å²) >= 11 is 0. The molecule has 2 N–H and O–H groups in total. The van der Waals surface area contributed by atoms with Crippen molar-refractivity contribution in [2.24, 2.45) is 17.6 Å². The van der Waals surface area contributed by atoms with Gasteiger partial charge in [0.1, 0.15) is 0 Å². The first-order chi connectivity index (χ1) is 6.22. The van der Waals surface area contributed by atoms with E-state index in [4.69, 9.17) is 5.73 Å². The summed E-state index contributed by atoms with van der Waals surface area (Å²) in [5, 5.41) is 0. The molecule has 2 bridgehead atoms. The van der Waals surface area contributed by atoms with E-state index in [-0.39, 0.29) is 5.91 Å². The van der Waals surface area contributed by atoms with Gasteiger partial charge >= 0.3 is 0 Å². The van der Waals surface area contributed by atoms with E-state index < -0.39 is 0 Å². The molecule has 13 heavy (non-hydrogen) atoms. The van der Waals surface area contributed by atoms with Gasteiger partial charge in [0.05, 0.1) is 0 Å². The number of nitrogens with two attached hydrogens (primary N) is 1. The Morgan fingerprint density at radius 3 is 2.77 bits per heavy atom. The Kier molecular flexibility index (Phi) is 2.28. The topological polar surface area (TPSA) is 46.3 Å². The van der Waals surface area contributed by atoms with Gasteiger partial charge in [-0.2, -0.15) is 0 Å². The average molecular weight is 182 g/mol. The lowest BCUT2D eigenvalue weighted by Crippen LogP contribution is -2.54. The van der Waals surface area contributed by atoms with Gasteiger partial charge in [-0.15, -0.1) is 0 Å². The van der Waals surface area contributed by atoms with Gasteiger partial charge in [-0.3, -0.25) is 4.79 Å². The molecule has 0 spiro atoms. The van der Waals surface area contributed by atoms with E-state index >= 15 is 0 Å². The number of carbonyl (C=O) groups is 1. The van der Waals surface area contributed by atoms with Crippen molar-refractivity contribution in [3.8, 4) is 0 Å². The maximum atomic E-state index is 11.3. The third-order valence-corrected chi connectivity index (χ3v) is 3.69. The number of rotatable bonds is 1. The summed E-state index contributed by atoms with van der Waals surface area (Å²) in [6.45, 7) is 3.44. The average Bonchev–Trinajstić information content (AvgIpc) is 2.18. The fourth-order valence-corrected chi connectivity index (χ4v) is 2.90. The molecule has 3 fully saturated rings. The molecular weight excluding hydrogens is 164 g/mol. The highest BCUT2D eigenvalue weighted by Gasteiger charge is 2.40. The zero-order valence-corrected chi connectivity index (χ0v) is 8.20. The minimum absolute atomic E-state index is 0.241. The molecule has 3 nitrogen and oxygen atoms in total. The second-order valence-corrected chi connectivity index (χ2v) is 4.39. The first kappa shape index (κ1) is 9.00. The fraction of sp³-hybridized carbons (Fsp3) is 0.900. The first-order valence-corrected chi connectivity index (χ1v) is 5.19. The number of fused-ring (bicyclic) bond motifs is 3. The summed E-state index contributed by atoms with van der Waals surface area (Å²) in [4.78, 5) is 13.3. The Hall–Kier alpha value is -0.570. The van der Waals surface area contributed by atoms with Gasteiger partial charge in [-0.1, -0.05) is 0 Å². The molecule has 3 rings (SSSR count). The Balaban J connectivity index is 2.07. The summed E-state index contributed by atoms with van der Waals surface area (Å²) in [5.41, 5.74) is 5.71. The second kappa shape index (κ2) is 3.29. The minimum atomic E-state index is 0.241. The van der Waals surface area contributed by atoms with Crippen molar-refractivity contribution >= 4 is 5.91 Å². The lowest BCUT2D eigenvalue weighted by atomic mass is 9.72. The second-order valence-electron chi connectivity index (χ2n) is 4.39. The number of piperidine rings is 2. The number of nitrogens with zero attached hydrogens (tertiary/aromatic N) is 1. The van der Waals surface area contributed by atoms with Crippen molar-refractivity contribution < 1.29 is 4.79 Å². The van der Waals surface area contributed by atoms with Crippen LogP contribution in [-0.2, 0) is 4.79 Å². The molecule has 0 aromatic carbocycles. The number of hydrogen-bond acceptors (Lipinski definition) is 2. The molecular formula is C10H18N2O. The standard InChI is InChI=1S/C10H18N2O/c1-7(13)12-6-8-2-3-10(12)4-9(8)5-11/h8-10H,2-6,11H2,1H3. The first-order valence-electron chi connectivity index (χ1n) is 5.19. The molecule has 3 heteroatoms. The summed E-state index contributed by atoms with van der Waals surface area (Å²) in [7, 11) is 0. The van der Waals surface area contributed by atoms with Crippen molar-refractivity contribution in [3.63, 3.8) is 0 Å². The number of carbonyl (C=O) groups excluding carboxylic acids is 1. The van der Waals surface area contributed by atoms with Gasteiger partial charge in [0.2, 0.25) is 5.91 Å². The maximum absolute atomic E-state index is 11.3. The van der Waals surface area contributed by atoms with Gasteiger partial charge in [-0.25, -0.2) is 0 Å². The van der Waals surface area contributed by atoms with Crippen LogP contribution < -0.4 is 5.73 Å². The van der Waals surface area contributed by atoms with Gasteiger partial charge in [0, 0.05) is 19.5 Å². The van der Waals surface area contributed by atoms with E-state index in [2.05, 4.69) is 0 Å². The van der Waals surface area contributed by atoms with Gasteiger partial charge in [0.15, 0.2) is 0 Å². The minimum Gasteiger partial charge on any atom is -0.340 e. The molecule has 1 aliphatic carbocycles. The smallest absolute Gasteiger partial charge is 0.219 e. The Bertz CT molecular complexity index is 217. The van der Waals surface area contributed by atoms with E-state index in [1.807, 2.05) is 4.90 Å². The van der Waals surface area contributed by atoms with Crippen molar-refractivity contribution in [1.29, 1.82) is 0 Å². The van der Waals surface area contributed by atoms with Gasteiger partial charge in [0.25, 0.3) is 0 Å². The normalized spacial score (nSPS) is 38.0.